The van der Waals surface area contributed by atoms with E-state index < -0.39 is 5.60 Å². The molecule has 1 aromatic carbocycles. The number of alkyl carbamates (subject to hydrolysis) is 1. The molecule has 1 aromatic rings. The Hall–Kier alpha value is -2.01. The molecule has 138 valence electrons. The van der Waals surface area contributed by atoms with Crippen molar-refractivity contribution in [1.82, 2.24) is 10.6 Å². The van der Waals surface area contributed by atoms with Crippen molar-refractivity contribution in [2.45, 2.75) is 45.3 Å². The minimum absolute atomic E-state index is 0.370. The highest BCUT2D eigenvalue weighted by atomic mass is 16.6. The highest BCUT2D eigenvalue weighted by Gasteiger charge is 2.31. The third-order valence-corrected chi connectivity index (χ3v) is 3.95. The van der Waals surface area contributed by atoms with Crippen molar-refractivity contribution in [1.29, 1.82) is 0 Å². The normalized spacial score (nSPS) is 15.8. The molecule has 5 heteroatoms. The molecule has 2 N–H and O–H groups in total. The Labute approximate surface area is 150 Å². The second kappa shape index (κ2) is 8.90. The van der Waals surface area contributed by atoms with Crippen LogP contribution < -0.4 is 15.4 Å². The lowest BCUT2D eigenvalue weighted by atomic mass is 10.0. The minimum Gasteiger partial charge on any atom is -0.497 e. The second-order valence-corrected chi connectivity index (χ2v) is 7.35. The van der Waals surface area contributed by atoms with Gasteiger partial charge in [-0.2, -0.15) is 0 Å². The first-order chi connectivity index (χ1) is 11.9. The molecular formula is C20H30N2O3. The zero-order valence-electron chi connectivity index (χ0n) is 15.7. The Morgan fingerprint density at radius 1 is 1.20 bits per heavy atom. The van der Waals surface area contributed by atoms with Crippen LogP contribution in [0.25, 0.3) is 0 Å². The van der Waals surface area contributed by atoms with Gasteiger partial charge in [0.05, 0.1) is 7.11 Å². The Balaban J connectivity index is 1.73. The van der Waals surface area contributed by atoms with Crippen LogP contribution in [0.2, 0.25) is 0 Å². The molecule has 0 aliphatic heterocycles. The van der Waals surface area contributed by atoms with Crippen LogP contribution in [-0.2, 0) is 4.74 Å². The molecule has 1 aliphatic rings. The maximum Gasteiger partial charge on any atom is 0.407 e. The number of nitrogens with one attached hydrogen (secondary N) is 2. The highest BCUT2D eigenvalue weighted by Crippen LogP contribution is 2.41. The van der Waals surface area contributed by atoms with Gasteiger partial charge in [0.25, 0.3) is 0 Å². The number of rotatable bonds is 8. The lowest BCUT2D eigenvalue weighted by Gasteiger charge is -2.19. The molecule has 1 fully saturated rings. The highest BCUT2D eigenvalue weighted by molar-refractivity contribution is 5.67. The molecule has 0 aromatic heterocycles. The Morgan fingerprint density at radius 2 is 1.84 bits per heavy atom. The van der Waals surface area contributed by atoms with Gasteiger partial charge >= 0.3 is 6.09 Å². The van der Waals surface area contributed by atoms with E-state index >= 15 is 0 Å². The molecule has 0 radical (unpaired) electrons. The molecule has 25 heavy (non-hydrogen) atoms. The number of methoxy groups -OCH3 is 1. The van der Waals surface area contributed by atoms with E-state index in [0.717, 1.165) is 12.3 Å². The van der Waals surface area contributed by atoms with E-state index in [9.17, 15) is 4.79 Å². The van der Waals surface area contributed by atoms with E-state index in [2.05, 4.69) is 22.8 Å². The number of carbonyl (C=O) groups excluding carboxylic acids is 1. The molecule has 1 saturated carbocycles. The molecule has 1 amide bonds. The van der Waals surface area contributed by atoms with Crippen molar-refractivity contribution in [2.24, 2.45) is 5.92 Å². The van der Waals surface area contributed by atoms with Gasteiger partial charge < -0.3 is 20.1 Å². The van der Waals surface area contributed by atoms with Crippen molar-refractivity contribution in [2.75, 3.05) is 20.2 Å². The summed E-state index contributed by atoms with van der Waals surface area (Å²) in [6.07, 6.45) is 6.13. The fourth-order valence-electron chi connectivity index (χ4n) is 2.62. The molecular weight excluding hydrogens is 316 g/mol. The standard InChI is InChI=1S/C20H30N2O3/c1-20(2,3)25-19(23)22-14-6-5-13-21-18(15-7-8-15)16-9-11-17(24-4)12-10-16/h5-6,9-12,15,18,21H,7-8,13-14H2,1-4H3,(H,22,23)/b6-5+. The molecule has 0 spiro atoms. The summed E-state index contributed by atoms with van der Waals surface area (Å²) in [6.45, 7) is 6.78. The Bertz CT molecular complexity index is 572. The van der Waals surface area contributed by atoms with Gasteiger partial charge in [-0.05, 0) is 57.2 Å². The van der Waals surface area contributed by atoms with E-state index in [1.54, 1.807) is 7.11 Å². The van der Waals surface area contributed by atoms with Gasteiger partial charge in [-0.3, -0.25) is 0 Å². The van der Waals surface area contributed by atoms with Crippen LogP contribution in [0.4, 0.5) is 4.79 Å². The monoisotopic (exact) mass is 346 g/mol. The molecule has 0 heterocycles. The zero-order chi connectivity index (χ0) is 18.3. The summed E-state index contributed by atoms with van der Waals surface area (Å²) in [4.78, 5) is 11.5. The SMILES string of the molecule is COc1ccc(C(NC/C=C/CNC(=O)OC(C)(C)C)C2CC2)cc1. The molecule has 0 saturated heterocycles. The predicted molar refractivity (Wildman–Crippen MR) is 99.8 cm³/mol. The van der Waals surface area contributed by atoms with Gasteiger partial charge in [-0.25, -0.2) is 4.79 Å². The lowest BCUT2D eigenvalue weighted by molar-refractivity contribution is 0.0534. The average Bonchev–Trinajstić information content (AvgIpc) is 3.37. The first-order valence-electron chi connectivity index (χ1n) is 8.88. The summed E-state index contributed by atoms with van der Waals surface area (Å²) < 4.78 is 10.4. The molecule has 2 rings (SSSR count). The molecule has 1 unspecified atom stereocenters. The minimum atomic E-state index is -0.467. The Morgan fingerprint density at radius 3 is 2.40 bits per heavy atom. The summed E-state index contributed by atoms with van der Waals surface area (Å²) in [5.41, 5.74) is 0.828. The molecule has 0 bridgehead atoms. The molecule has 1 aliphatic carbocycles. The second-order valence-electron chi connectivity index (χ2n) is 7.35. The third-order valence-electron chi connectivity index (χ3n) is 3.95. The van der Waals surface area contributed by atoms with Crippen LogP contribution in [0.3, 0.4) is 0 Å². The van der Waals surface area contributed by atoms with Gasteiger partial charge in [-0.1, -0.05) is 24.3 Å². The number of benzene rings is 1. The van der Waals surface area contributed by atoms with Crippen molar-refractivity contribution in [3.8, 4) is 5.75 Å². The summed E-state index contributed by atoms with van der Waals surface area (Å²) in [6, 6.07) is 8.64. The predicted octanol–water partition coefficient (Wildman–Crippen LogP) is 3.82. The van der Waals surface area contributed by atoms with Crippen molar-refractivity contribution in [3.05, 3.63) is 42.0 Å². The van der Waals surface area contributed by atoms with Gasteiger partial charge in [0.2, 0.25) is 0 Å². The smallest absolute Gasteiger partial charge is 0.407 e. The van der Waals surface area contributed by atoms with Crippen LogP contribution in [0.5, 0.6) is 5.75 Å². The zero-order valence-corrected chi connectivity index (χ0v) is 15.7. The van der Waals surface area contributed by atoms with E-state index in [4.69, 9.17) is 9.47 Å². The van der Waals surface area contributed by atoms with Crippen LogP contribution in [0.1, 0.15) is 45.2 Å². The van der Waals surface area contributed by atoms with E-state index in [-0.39, 0.29) is 6.09 Å². The maximum absolute atomic E-state index is 11.5. The van der Waals surface area contributed by atoms with E-state index in [0.29, 0.717) is 18.5 Å². The summed E-state index contributed by atoms with van der Waals surface area (Å²) in [7, 11) is 1.68. The quantitative estimate of drug-likeness (QED) is 0.703. The van der Waals surface area contributed by atoms with Crippen molar-refractivity contribution >= 4 is 6.09 Å². The van der Waals surface area contributed by atoms with Crippen molar-refractivity contribution < 1.29 is 14.3 Å². The van der Waals surface area contributed by atoms with Gasteiger partial charge in [0, 0.05) is 19.1 Å². The average molecular weight is 346 g/mol. The number of hydrogen-bond donors (Lipinski definition) is 2. The van der Waals surface area contributed by atoms with Crippen molar-refractivity contribution in [3.63, 3.8) is 0 Å². The van der Waals surface area contributed by atoms with Crippen LogP contribution in [0.15, 0.2) is 36.4 Å². The largest absolute Gasteiger partial charge is 0.497 e. The van der Waals surface area contributed by atoms with Gasteiger partial charge in [0.1, 0.15) is 11.4 Å². The van der Waals surface area contributed by atoms with Crippen LogP contribution in [-0.4, -0.2) is 31.9 Å². The van der Waals surface area contributed by atoms with Crippen LogP contribution in [0, 0.1) is 5.92 Å². The topological polar surface area (TPSA) is 59.6 Å². The van der Waals surface area contributed by atoms with Gasteiger partial charge in [0.15, 0.2) is 0 Å². The van der Waals surface area contributed by atoms with E-state index in [1.807, 2.05) is 45.1 Å². The summed E-state index contributed by atoms with van der Waals surface area (Å²) in [5, 5.41) is 6.31. The molecule has 1 atom stereocenters. The first-order valence-corrected chi connectivity index (χ1v) is 8.88. The van der Waals surface area contributed by atoms with Crippen LogP contribution >= 0.6 is 0 Å². The fraction of sp³-hybridized carbons (Fsp3) is 0.550. The Kier molecular flexibility index (Phi) is 6.88. The first kappa shape index (κ1) is 19.3. The number of carbonyl (C=O) groups is 1. The number of ether oxygens (including phenoxy) is 2. The molecule has 5 nitrogen and oxygen atoms in total. The number of hydrogen-bond acceptors (Lipinski definition) is 4. The summed E-state index contributed by atoms with van der Waals surface area (Å²) >= 11 is 0. The lowest BCUT2D eigenvalue weighted by Crippen LogP contribution is -2.32. The fourth-order valence-corrected chi connectivity index (χ4v) is 2.62. The third kappa shape index (κ3) is 7.18. The van der Waals surface area contributed by atoms with E-state index in [1.165, 1.54) is 18.4 Å². The van der Waals surface area contributed by atoms with Gasteiger partial charge in [-0.15, -0.1) is 0 Å². The maximum atomic E-state index is 11.5. The number of amides is 1. The summed E-state index contributed by atoms with van der Waals surface area (Å²) in [5.74, 6) is 1.59.